The molecule has 8 heteroatoms. The van der Waals surface area contributed by atoms with Gasteiger partial charge in [0.15, 0.2) is 14.6 Å². The van der Waals surface area contributed by atoms with Crippen molar-refractivity contribution in [1.29, 1.82) is 0 Å². The number of fused-ring (bicyclic) bond motifs is 1. The van der Waals surface area contributed by atoms with Gasteiger partial charge in [-0.15, -0.1) is 0 Å². The lowest BCUT2D eigenvalue weighted by Gasteiger charge is -2.22. The van der Waals surface area contributed by atoms with E-state index in [0.29, 0.717) is 29.7 Å². The summed E-state index contributed by atoms with van der Waals surface area (Å²) in [6.45, 7) is 1.52. The summed E-state index contributed by atoms with van der Waals surface area (Å²) in [6, 6.07) is 15.7. The molecule has 1 aliphatic heterocycles. The molecule has 1 saturated heterocycles. The largest absolute Gasteiger partial charge is 0.307 e. The lowest BCUT2D eigenvalue weighted by atomic mass is 10.1. The van der Waals surface area contributed by atoms with Gasteiger partial charge in [-0.2, -0.15) is 5.10 Å². The first-order chi connectivity index (χ1) is 14.9. The summed E-state index contributed by atoms with van der Waals surface area (Å²) in [4.78, 5) is 2.46. The molecule has 1 aliphatic carbocycles. The maximum Gasteiger partial charge on any atom is 0.198 e. The van der Waals surface area contributed by atoms with Crippen LogP contribution in [0.2, 0.25) is 0 Å². The summed E-state index contributed by atoms with van der Waals surface area (Å²) in [5, 5.41) is 7.32. The molecule has 1 unspecified atom stereocenters. The Kier molecular flexibility index (Phi) is 5.48. The van der Waals surface area contributed by atoms with Crippen molar-refractivity contribution in [2.45, 2.75) is 44.9 Å². The fourth-order valence-electron chi connectivity index (χ4n) is 4.57. The predicted molar refractivity (Wildman–Crippen MR) is 125 cm³/mol. The Morgan fingerprint density at radius 2 is 1.90 bits per heavy atom. The second-order valence-corrected chi connectivity index (χ2v) is 11.6. The highest BCUT2D eigenvalue weighted by atomic mass is 32.2. The van der Waals surface area contributed by atoms with Gasteiger partial charge in [-0.1, -0.05) is 36.4 Å². The second-order valence-electron chi connectivity index (χ2n) is 9.03. The molecule has 6 nitrogen and oxygen atoms in total. The Morgan fingerprint density at radius 1 is 1.13 bits per heavy atom. The third kappa shape index (κ3) is 4.61. The third-order valence-electron chi connectivity index (χ3n) is 6.51. The van der Waals surface area contributed by atoms with Crippen molar-refractivity contribution in [2.24, 2.45) is 13.0 Å². The van der Waals surface area contributed by atoms with E-state index in [4.69, 9.17) is 17.3 Å². The number of benzene rings is 2. The lowest BCUT2D eigenvalue weighted by Crippen LogP contribution is -2.29. The molecule has 31 heavy (non-hydrogen) atoms. The van der Waals surface area contributed by atoms with E-state index >= 15 is 0 Å². The van der Waals surface area contributed by atoms with Gasteiger partial charge in [0.2, 0.25) is 0 Å². The first-order valence-corrected chi connectivity index (χ1v) is 13.2. The second kappa shape index (κ2) is 8.15. The van der Waals surface area contributed by atoms with Crippen molar-refractivity contribution < 1.29 is 8.42 Å². The Labute approximate surface area is 188 Å². The Bertz CT molecular complexity index is 1270. The van der Waals surface area contributed by atoms with Gasteiger partial charge in [0.25, 0.3) is 0 Å². The fourth-order valence-corrected chi connectivity index (χ4v) is 6.64. The van der Waals surface area contributed by atoms with Crippen LogP contribution in [0.5, 0.6) is 0 Å². The smallest absolute Gasteiger partial charge is 0.198 e. The minimum absolute atomic E-state index is 0.145. The summed E-state index contributed by atoms with van der Waals surface area (Å²) in [6.07, 6.45) is 3.81. The molecule has 0 N–H and O–H groups in total. The van der Waals surface area contributed by atoms with Crippen molar-refractivity contribution in [3.8, 4) is 0 Å². The topological polar surface area (TPSA) is 60.1 Å². The normalized spacial score (nSPS) is 20.6. The van der Waals surface area contributed by atoms with Crippen LogP contribution in [0.3, 0.4) is 0 Å². The average molecular weight is 457 g/mol. The number of rotatable bonds is 7. The summed E-state index contributed by atoms with van der Waals surface area (Å²) in [7, 11) is -0.942. The summed E-state index contributed by atoms with van der Waals surface area (Å²) in [5.41, 5.74) is 1.30. The van der Waals surface area contributed by atoms with E-state index in [9.17, 15) is 8.42 Å². The van der Waals surface area contributed by atoms with Gasteiger partial charge in [-0.25, -0.2) is 13.1 Å². The SMILES string of the molecule is Cn1c(CC2CCS(=O)(=O)C2)nn(CN(Cc2ccc3ccccc3c2)C2CC2)c1=S. The lowest BCUT2D eigenvalue weighted by molar-refractivity contribution is 0.186. The van der Waals surface area contributed by atoms with E-state index in [-0.39, 0.29) is 11.7 Å². The molecule has 3 aromatic rings. The van der Waals surface area contributed by atoms with Crippen LogP contribution in [0.15, 0.2) is 42.5 Å². The van der Waals surface area contributed by atoms with E-state index < -0.39 is 9.84 Å². The quantitative estimate of drug-likeness (QED) is 0.508. The number of sulfone groups is 1. The van der Waals surface area contributed by atoms with E-state index in [1.807, 2.05) is 16.3 Å². The van der Waals surface area contributed by atoms with Gasteiger partial charge in [0, 0.05) is 26.1 Å². The zero-order chi connectivity index (χ0) is 21.6. The van der Waals surface area contributed by atoms with E-state index in [1.165, 1.54) is 29.2 Å². The minimum Gasteiger partial charge on any atom is -0.307 e. The number of aromatic nitrogens is 3. The third-order valence-corrected chi connectivity index (χ3v) is 8.83. The zero-order valence-corrected chi connectivity index (χ0v) is 19.4. The molecular weight excluding hydrogens is 428 g/mol. The van der Waals surface area contributed by atoms with Crippen molar-refractivity contribution in [2.75, 3.05) is 11.5 Å². The average Bonchev–Trinajstić information content (AvgIpc) is 3.49. The molecule has 164 valence electrons. The first kappa shape index (κ1) is 20.8. The molecule has 0 bridgehead atoms. The summed E-state index contributed by atoms with van der Waals surface area (Å²) < 4.78 is 28.2. The molecule has 2 aromatic carbocycles. The fraction of sp³-hybridized carbons (Fsp3) is 0.478. The van der Waals surface area contributed by atoms with Crippen LogP contribution in [-0.4, -0.2) is 45.2 Å². The Morgan fingerprint density at radius 3 is 2.61 bits per heavy atom. The standard InChI is InChI=1S/C23H28N4O2S2/c1-25-22(13-18-10-11-31(28,29)15-18)24-27(23(25)30)16-26(21-8-9-21)14-17-6-7-19-4-2-3-5-20(19)12-17/h2-7,12,18,21H,8-11,13-16H2,1H3. The minimum atomic E-state index is -2.88. The molecular formula is C23H28N4O2S2. The van der Waals surface area contributed by atoms with Crippen LogP contribution in [0, 0.1) is 10.7 Å². The molecule has 2 heterocycles. The maximum atomic E-state index is 11.8. The van der Waals surface area contributed by atoms with Crippen molar-refractivity contribution in [3.63, 3.8) is 0 Å². The van der Waals surface area contributed by atoms with Crippen LogP contribution in [0.1, 0.15) is 30.7 Å². The Hall–Kier alpha value is -2.03. The molecule has 1 saturated carbocycles. The highest BCUT2D eigenvalue weighted by Crippen LogP contribution is 2.30. The molecule has 0 amide bonds. The van der Waals surface area contributed by atoms with Gasteiger partial charge in [0.05, 0.1) is 18.2 Å². The molecule has 1 aromatic heterocycles. The number of hydrogen-bond donors (Lipinski definition) is 0. The molecule has 2 aliphatic rings. The van der Waals surface area contributed by atoms with E-state index in [0.717, 1.165) is 18.8 Å². The first-order valence-electron chi connectivity index (χ1n) is 10.9. The summed E-state index contributed by atoms with van der Waals surface area (Å²) in [5.74, 6) is 1.59. The highest BCUT2D eigenvalue weighted by molar-refractivity contribution is 7.91. The van der Waals surface area contributed by atoms with Crippen LogP contribution in [-0.2, 0) is 36.5 Å². The van der Waals surface area contributed by atoms with Gasteiger partial charge in [-0.05, 0) is 59.8 Å². The van der Waals surface area contributed by atoms with Crippen molar-refractivity contribution in [3.05, 3.63) is 58.6 Å². The molecule has 0 radical (unpaired) electrons. The van der Waals surface area contributed by atoms with Crippen molar-refractivity contribution in [1.82, 2.24) is 19.2 Å². The Balaban J connectivity index is 1.33. The monoisotopic (exact) mass is 456 g/mol. The molecule has 0 spiro atoms. The highest BCUT2D eigenvalue weighted by Gasteiger charge is 2.31. The predicted octanol–water partition coefficient (Wildman–Crippen LogP) is 3.70. The van der Waals surface area contributed by atoms with Gasteiger partial charge in [0.1, 0.15) is 5.82 Å². The van der Waals surface area contributed by atoms with E-state index in [1.54, 1.807) is 0 Å². The number of nitrogens with zero attached hydrogens (tertiary/aromatic N) is 4. The van der Waals surface area contributed by atoms with Gasteiger partial charge >= 0.3 is 0 Å². The molecule has 1 atom stereocenters. The summed E-state index contributed by atoms with van der Waals surface area (Å²) >= 11 is 5.67. The van der Waals surface area contributed by atoms with Crippen LogP contribution in [0.4, 0.5) is 0 Å². The molecule has 5 rings (SSSR count). The molecule has 2 fully saturated rings. The van der Waals surface area contributed by atoms with Gasteiger partial charge in [-0.3, -0.25) is 4.90 Å². The van der Waals surface area contributed by atoms with Crippen LogP contribution < -0.4 is 0 Å². The van der Waals surface area contributed by atoms with Crippen LogP contribution >= 0.6 is 12.2 Å². The van der Waals surface area contributed by atoms with Crippen molar-refractivity contribution >= 4 is 32.8 Å². The van der Waals surface area contributed by atoms with E-state index in [2.05, 4.69) is 47.4 Å². The maximum absolute atomic E-state index is 11.8. The van der Waals surface area contributed by atoms with Crippen LogP contribution in [0.25, 0.3) is 10.8 Å². The zero-order valence-electron chi connectivity index (χ0n) is 17.8. The van der Waals surface area contributed by atoms with Gasteiger partial charge < -0.3 is 4.57 Å². The number of hydrogen-bond acceptors (Lipinski definition) is 5.